The molecule has 0 spiro atoms. The Morgan fingerprint density at radius 3 is 2.60 bits per heavy atom. The number of nitrogens with zero attached hydrogens (tertiary/aromatic N) is 4. The van der Waals surface area contributed by atoms with E-state index in [0.717, 1.165) is 29.8 Å². The molecule has 0 fully saturated rings. The highest BCUT2D eigenvalue weighted by Gasteiger charge is 2.17. The maximum absolute atomic E-state index is 6.12. The molecule has 0 aliphatic rings. The first-order valence-electron chi connectivity index (χ1n) is 10.2. The molecule has 1 aromatic carbocycles. The van der Waals surface area contributed by atoms with Crippen LogP contribution in [0.3, 0.4) is 0 Å². The highest BCUT2D eigenvalue weighted by atomic mass is 16.5. The molecule has 0 aliphatic carbocycles. The molecule has 7 nitrogen and oxygen atoms in total. The number of methoxy groups -OCH3 is 2. The van der Waals surface area contributed by atoms with Crippen LogP contribution in [-0.2, 0) is 13.5 Å². The van der Waals surface area contributed by atoms with Gasteiger partial charge in [0.2, 0.25) is 11.8 Å². The number of ether oxygens (including phenoxy) is 3. The van der Waals surface area contributed by atoms with Gasteiger partial charge in [-0.05, 0) is 48.9 Å². The smallest absolute Gasteiger partial charge is 0.233 e. The number of aromatic nitrogens is 4. The predicted octanol–water partition coefficient (Wildman–Crippen LogP) is 4.34. The van der Waals surface area contributed by atoms with Crippen LogP contribution in [0.15, 0.2) is 30.5 Å². The van der Waals surface area contributed by atoms with E-state index in [9.17, 15) is 0 Å². The van der Waals surface area contributed by atoms with E-state index in [1.807, 2.05) is 26.1 Å². The van der Waals surface area contributed by atoms with E-state index in [-0.39, 0.29) is 0 Å². The molecule has 0 saturated heterocycles. The van der Waals surface area contributed by atoms with Crippen molar-refractivity contribution in [3.05, 3.63) is 47.4 Å². The molecule has 0 unspecified atom stereocenters. The molecular weight excluding hydrogens is 380 g/mol. The fourth-order valence-corrected chi connectivity index (χ4v) is 3.51. The average molecular weight is 411 g/mol. The van der Waals surface area contributed by atoms with Crippen molar-refractivity contribution in [1.29, 1.82) is 0 Å². The van der Waals surface area contributed by atoms with Crippen molar-refractivity contribution >= 4 is 0 Å². The van der Waals surface area contributed by atoms with Crippen molar-refractivity contribution in [2.75, 3.05) is 20.8 Å². The van der Waals surface area contributed by atoms with Gasteiger partial charge in [0, 0.05) is 19.3 Å². The lowest BCUT2D eigenvalue weighted by Gasteiger charge is -2.18. The summed E-state index contributed by atoms with van der Waals surface area (Å²) in [6.07, 6.45) is 3.61. The Balaban J connectivity index is 1.75. The van der Waals surface area contributed by atoms with Crippen LogP contribution in [0.25, 0.3) is 11.3 Å². The third-order valence-corrected chi connectivity index (χ3v) is 5.27. The van der Waals surface area contributed by atoms with Gasteiger partial charge < -0.3 is 14.2 Å². The molecular formula is C23H30N4O3. The molecule has 2 heterocycles. The zero-order valence-electron chi connectivity index (χ0n) is 18.6. The summed E-state index contributed by atoms with van der Waals surface area (Å²) >= 11 is 0. The van der Waals surface area contributed by atoms with E-state index in [4.69, 9.17) is 14.2 Å². The summed E-state index contributed by atoms with van der Waals surface area (Å²) in [5.74, 6) is 3.02. The van der Waals surface area contributed by atoms with E-state index in [1.54, 1.807) is 25.1 Å². The highest BCUT2D eigenvalue weighted by molar-refractivity contribution is 5.65. The summed E-state index contributed by atoms with van der Waals surface area (Å²) in [4.78, 5) is 8.86. The molecule has 0 N–H and O–H groups in total. The second-order valence-corrected chi connectivity index (χ2v) is 7.29. The van der Waals surface area contributed by atoms with Crippen molar-refractivity contribution < 1.29 is 14.2 Å². The Bertz CT molecular complexity index is 1000. The topological polar surface area (TPSA) is 71.3 Å². The number of aryl methyl sites for hydroxylation is 3. The summed E-state index contributed by atoms with van der Waals surface area (Å²) in [6, 6.07) is 8.15. The van der Waals surface area contributed by atoms with Gasteiger partial charge in [0.25, 0.3) is 0 Å². The van der Waals surface area contributed by atoms with Crippen LogP contribution in [0.2, 0.25) is 0 Å². The van der Waals surface area contributed by atoms with Crippen LogP contribution >= 0.6 is 0 Å². The molecule has 2 aromatic heterocycles. The normalized spacial score (nSPS) is 11.9. The minimum atomic E-state index is 0.356. The number of hydrogen-bond acceptors (Lipinski definition) is 6. The molecule has 0 aliphatic heterocycles. The van der Waals surface area contributed by atoms with E-state index in [2.05, 4.69) is 41.0 Å². The Morgan fingerprint density at radius 1 is 1.13 bits per heavy atom. The highest BCUT2D eigenvalue weighted by Crippen LogP contribution is 2.31. The second-order valence-electron chi connectivity index (χ2n) is 7.29. The van der Waals surface area contributed by atoms with Gasteiger partial charge in [0.05, 0.1) is 32.1 Å². The molecule has 0 saturated carbocycles. The quantitative estimate of drug-likeness (QED) is 0.523. The van der Waals surface area contributed by atoms with E-state index in [1.165, 1.54) is 11.1 Å². The van der Waals surface area contributed by atoms with Crippen molar-refractivity contribution in [3.8, 4) is 28.8 Å². The SMILES string of the molecule is CCc1cc(OC)ccc1[C@H](C)CCOc1nc(C)ncc1-c1cc(OC)nn1C. The van der Waals surface area contributed by atoms with E-state index >= 15 is 0 Å². The van der Waals surface area contributed by atoms with Crippen LogP contribution < -0.4 is 14.2 Å². The van der Waals surface area contributed by atoms with Crippen LogP contribution in [0.1, 0.15) is 43.1 Å². The number of hydrogen-bond donors (Lipinski definition) is 0. The van der Waals surface area contributed by atoms with Gasteiger partial charge >= 0.3 is 0 Å². The predicted molar refractivity (Wildman–Crippen MR) is 116 cm³/mol. The number of benzene rings is 1. The minimum absolute atomic E-state index is 0.356. The van der Waals surface area contributed by atoms with Gasteiger partial charge in [-0.3, -0.25) is 4.68 Å². The van der Waals surface area contributed by atoms with Crippen LogP contribution in [0.4, 0.5) is 0 Å². The Kier molecular flexibility index (Phi) is 6.92. The Hall–Kier alpha value is -3.09. The van der Waals surface area contributed by atoms with Crippen molar-refractivity contribution in [1.82, 2.24) is 19.7 Å². The molecule has 7 heteroatoms. The summed E-state index contributed by atoms with van der Waals surface area (Å²) in [6.45, 7) is 6.80. The summed E-state index contributed by atoms with van der Waals surface area (Å²) < 4.78 is 18.5. The molecule has 3 aromatic rings. The maximum Gasteiger partial charge on any atom is 0.233 e. The maximum atomic E-state index is 6.12. The minimum Gasteiger partial charge on any atom is -0.497 e. The van der Waals surface area contributed by atoms with Crippen molar-refractivity contribution in [3.63, 3.8) is 0 Å². The summed E-state index contributed by atoms with van der Waals surface area (Å²) in [5, 5.41) is 4.32. The lowest BCUT2D eigenvalue weighted by atomic mass is 9.92. The zero-order valence-corrected chi connectivity index (χ0v) is 18.6. The molecule has 0 radical (unpaired) electrons. The van der Waals surface area contributed by atoms with Gasteiger partial charge in [-0.25, -0.2) is 4.98 Å². The fourth-order valence-electron chi connectivity index (χ4n) is 3.51. The first kappa shape index (κ1) is 21.6. The molecule has 1 atom stereocenters. The first-order chi connectivity index (χ1) is 14.5. The van der Waals surface area contributed by atoms with E-state index in [0.29, 0.717) is 30.1 Å². The van der Waals surface area contributed by atoms with Gasteiger partial charge in [-0.2, -0.15) is 4.98 Å². The second kappa shape index (κ2) is 9.61. The lowest BCUT2D eigenvalue weighted by molar-refractivity contribution is 0.289. The van der Waals surface area contributed by atoms with Crippen LogP contribution in [0, 0.1) is 6.92 Å². The number of rotatable bonds is 9. The van der Waals surface area contributed by atoms with Gasteiger partial charge in [0.15, 0.2) is 0 Å². The van der Waals surface area contributed by atoms with Crippen LogP contribution in [0.5, 0.6) is 17.5 Å². The average Bonchev–Trinajstić information content (AvgIpc) is 3.13. The molecule has 0 amide bonds. The molecule has 0 bridgehead atoms. The largest absolute Gasteiger partial charge is 0.497 e. The standard InChI is InChI=1S/C23H30N4O3/c1-7-17-12-18(28-5)8-9-19(17)15(2)10-11-30-23-20(14-24-16(3)25-23)21-13-22(29-6)26-27(21)4/h8-9,12-15H,7,10-11H2,1-6H3/t15-/m1/s1. The Labute approximate surface area is 178 Å². The van der Waals surface area contributed by atoms with Gasteiger partial charge in [0.1, 0.15) is 11.6 Å². The summed E-state index contributed by atoms with van der Waals surface area (Å²) in [7, 11) is 5.16. The fraction of sp³-hybridized carbons (Fsp3) is 0.435. The third kappa shape index (κ3) is 4.72. The monoisotopic (exact) mass is 410 g/mol. The first-order valence-corrected chi connectivity index (χ1v) is 10.2. The van der Waals surface area contributed by atoms with Crippen molar-refractivity contribution in [2.45, 2.75) is 39.5 Å². The molecule has 160 valence electrons. The zero-order chi connectivity index (χ0) is 21.7. The van der Waals surface area contributed by atoms with Gasteiger partial charge in [-0.15, -0.1) is 5.10 Å². The van der Waals surface area contributed by atoms with Gasteiger partial charge in [-0.1, -0.05) is 19.9 Å². The third-order valence-electron chi connectivity index (χ3n) is 5.27. The lowest BCUT2D eigenvalue weighted by Crippen LogP contribution is -2.08. The van der Waals surface area contributed by atoms with Crippen molar-refractivity contribution in [2.24, 2.45) is 7.05 Å². The molecule has 30 heavy (non-hydrogen) atoms. The molecule has 3 rings (SSSR count). The van der Waals surface area contributed by atoms with Crippen LogP contribution in [-0.4, -0.2) is 40.6 Å². The Morgan fingerprint density at radius 2 is 1.93 bits per heavy atom. The summed E-state index contributed by atoms with van der Waals surface area (Å²) in [5.41, 5.74) is 4.28. The van der Waals surface area contributed by atoms with E-state index < -0.39 is 0 Å².